The predicted octanol–water partition coefficient (Wildman–Crippen LogP) is 4.01. The molecule has 0 unspecified atom stereocenters. The van der Waals surface area contributed by atoms with Gasteiger partial charge in [-0.05, 0) is 36.8 Å². The van der Waals surface area contributed by atoms with Crippen molar-refractivity contribution in [2.24, 2.45) is 0 Å². The van der Waals surface area contributed by atoms with Crippen LogP contribution in [0.2, 0.25) is 10.0 Å². The van der Waals surface area contributed by atoms with Crippen LogP contribution in [0.4, 0.5) is 11.4 Å². The van der Waals surface area contributed by atoms with Crippen LogP contribution in [-0.2, 0) is 9.53 Å². The molecule has 0 saturated heterocycles. The molecule has 0 aromatic heterocycles. The summed E-state index contributed by atoms with van der Waals surface area (Å²) >= 11 is 11.6. The van der Waals surface area contributed by atoms with E-state index in [4.69, 9.17) is 27.9 Å². The summed E-state index contributed by atoms with van der Waals surface area (Å²) in [6.45, 7) is 1.15. The molecule has 0 bridgehead atoms. The minimum Gasteiger partial charge on any atom is -0.452 e. The quantitative estimate of drug-likeness (QED) is 0.478. The topological polar surface area (TPSA) is 98.5 Å². The highest BCUT2D eigenvalue weighted by molar-refractivity contribution is 6.31. The molecule has 1 amide bonds. The maximum atomic E-state index is 12.0. The fraction of sp³-hybridized carbons (Fsp3) is 0.125. The zero-order chi connectivity index (χ0) is 18.6. The third-order valence-electron chi connectivity index (χ3n) is 3.18. The molecule has 0 aliphatic heterocycles. The number of aryl methyl sites for hydroxylation is 1. The molecule has 1 N–H and O–H groups in total. The molecule has 0 radical (unpaired) electrons. The zero-order valence-electron chi connectivity index (χ0n) is 12.9. The highest BCUT2D eigenvalue weighted by atomic mass is 35.5. The van der Waals surface area contributed by atoms with Gasteiger partial charge in [-0.25, -0.2) is 4.79 Å². The van der Waals surface area contributed by atoms with Crippen molar-refractivity contribution in [1.29, 1.82) is 0 Å². The standard InChI is InChI=1S/C16H12Cl2N2O5/c1-9-2-3-11(18)7-13(9)19-15(21)8-25-16(22)12-6-10(17)4-5-14(12)20(23)24/h2-7H,8H2,1H3,(H,19,21). The molecule has 0 spiro atoms. The number of amides is 1. The van der Waals surface area contributed by atoms with Crippen LogP contribution < -0.4 is 5.32 Å². The SMILES string of the molecule is Cc1ccc(Cl)cc1NC(=O)COC(=O)c1cc(Cl)ccc1[N+](=O)[O-]. The van der Waals surface area contributed by atoms with Crippen LogP contribution in [0.25, 0.3) is 0 Å². The fourth-order valence-corrected chi connectivity index (χ4v) is 2.30. The summed E-state index contributed by atoms with van der Waals surface area (Å²) in [5, 5.41) is 14.1. The lowest BCUT2D eigenvalue weighted by atomic mass is 10.2. The summed E-state index contributed by atoms with van der Waals surface area (Å²) in [5.41, 5.74) is 0.460. The Kier molecular flexibility index (Phi) is 5.95. The molecule has 2 rings (SSSR count). The molecule has 0 aliphatic carbocycles. The minimum atomic E-state index is -1.02. The van der Waals surface area contributed by atoms with Crippen molar-refractivity contribution in [2.45, 2.75) is 6.92 Å². The van der Waals surface area contributed by atoms with Gasteiger partial charge >= 0.3 is 5.97 Å². The van der Waals surface area contributed by atoms with Gasteiger partial charge in [0.25, 0.3) is 11.6 Å². The number of nitrogens with zero attached hydrogens (tertiary/aromatic N) is 1. The second kappa shape index (κ2) is 7.96. The van der Waals surface area contributed by atoms with Gasteiger partial charge in [0.15, 0.2) is 6.61 Å². The Hall–Kier alpha value is -2.64. The molecule has 0 fully saturated rings. The van der Waals surface area contributed by atoms with Gasteiger partial charge in [0.2, 0.25) is 0 Å². The molecule has 2 aromatic carbocycles. The molecule has 0 saturated carbocycles. The fourth-order valence-electron chi connectivity index (χ4n) is 1.95. The third kappa shape index (κ3) is 4.91. The Morgan fingerprint density at radius 3 is 2.48 bits per heavy atom. The van der Waals surface area contributed by atoms with Crippen molar-refractivity contribution in [3.05, 3.63) is 67.7 Å². The van der Waals surface area contributed by atoms with Crippen LogP contribution >= 0.6 is 23.2 Å². The number of nitrogens with one attached hydrogen (secondary N) is 1. The van der Waals surface area contributed by atoms with Crippen molar-refractivity contribution in [2.75, 3.05) is 11.9 Å². The Morgan fingerprint density at radius 1 is 1.16 bits per heavy atom. The van der Waals surface area contributed by atoms with E-state index in [0.29, 0.717) is 10.7 Å². The van der Waals surface area contributed by atoms with Gasteiger partial charge < -0.3 is 10.1 Å². The first-order valence-corrected chi connectivity index (χ1v) is 7.70. The van der Waals surface area contributed by atoms with Gasteiger partial charge in [-0.2, -0.15) is 0 Å². The number of carbonyl (C=O) groups excluding carboxylic acids is 2. The Bertz CT molecular complexity index is 854. The first-order valence-electron chi connectivity index (χ1n) is 6.95. The molecule has 0 aliphatic rings. The molecule has 130 valence electrons. The molecular weight excluding hydrogens is 371 g/mol. The maximum absolute atomic E-state index is 12.0. The number of ether oxygens (including phenoxy) is 1. The average molecular weight is 383 g/mol. The number of hydrogen-bond donors (Lipinski definition) is 1. The van der Waals surface area contributed by atoms with Gasteiger partial charge in [-0.15, -0.1) is 0 Å². The van der Waals surface area contributed by atoms with Crippen LogP contribution in [0.15, 0.2) is 36.4 Å². The smallest absolute Gasteiger partial charge is 0.345 e. The van der Waals surface area contributed by atoms with Crippen LogP contribution in [0, 0.1) is 17.0 Å². The number of esters is 1. The van der Waals surface area contributed by atoms with Gasteiger partial charge in [0.1, 0.15) is 5.56 Å². The van der Waals surface area contributed by atoms with E-state index in [1.807, 2.05) is 0 Å². The largest absolute Gasteiger partial charge is 0.452 e. The van der Waals surface area contributed by atoms with Crippen molar-refractivity contribution < 1.29 is 19.2 Å². The number of nitro groups is 1. The predicted molar refractivity (Wildman–Crippen MR) is 93.2 cm³/mol. The van der Waals surface area contributed by atoms with Crippen molar-refractivity contribution in [3.63, 3.8) is 0 Å². The monoisotopic (exact) mass is 382 g/mol. The Morgan fingerprint density at radius 2 is 1.80 bits per heavy atom. The van der Waals surface area contributed by atoms with E-state index in [1.165, 1.54) is 6.07 Å². The highest BCUT2D eigenvalue weighted by Crippen LogP contribution is 2.24. The number of benzene rings is 2. The minimum absolute atomic E-state index is 0.136. The first-order chi connectivity index (χ1) is 11.8. The number of rotatable bonds is 5. The summed E-state index contributed by atoms with van der Waals surface area (Å²) in [6.07, 6.45) is 0. The van der Waals surface area contributed by atoms with Gasteiger partial charge in [-0.1, -0.05) is 29.3 Å². The average Bonchev–Trinajstić information content (AvgIpc) is 2.55. The number of hydrogen-bond acceptors (Lipinski definition) is 5. The third-order valence-corrected chi connectivity index (χ3v) is 3.65. The molecular formula is C16H12Cl2N2O5. The number of anilines is 1. The lowest BCUT2D eigenvalue weighted by Gasteiger charge is -2.09. The van der Waals surface area contributed by atoms with E-state index in [-0.39, 0.29) is 10.6 Å². The summed E-state index contributed by atoms with van der Waals surface area (Å²) < 4.78 is 4.83. The first kappa shape index (κ1) is 18.7. The highest BCUT2D eigenvalue weighted by Gasteiger charge is 2.22. The Balaban J connectivity index is 2.05. The maximum Gasteiger partial charge on any atom is 0.345 e. The second-order valence-electron chi connectivity index (χ2n) is 5.00. The van der Waals surface area contributed by atoms with E-state index >= 15 is 0 Å². The van der Waals surface area contributed by atoms with E-state index in [0.717, 1.165) is 17.7 Å². The van der Waals surface area contributed by atoms with Crippen LogP contribution in [0.5, 0.6) is 0 Å². The van der Waals surface area contributed by atoms with Crippen LogP contribution in [0.1, 0.15) is 15.9 Å². The number of carbonyl (C=O) groups is 2. The molecule has 25 heavy (non-hydrogen) atoms. The lowest BCUT2D eigenvalue weighted by molar-refractivity contribution is -0.385. The van der Waals surface area contributed by atoms with Crippen LogP contribution in [-0.4, -0.2) is 23.4 Å². The van der Waals surface area contributed by atoms with Gasteiger partial charge in [-0.3, -0.25) is 14.9 Å². The van der Waals surface area contributed by atoms with E-state index in [2.05, 4.69) is 5.32 Å². The normalized spacial score (nSPS) is 10.2. The molecule has 7 nitrogen and oxygen atoms in total. The van der Waals surface area contributed by atoms with Crippen molar-refractivity contribution in [1.82, 2.24) is 0 Å². The summed E-state index contributed by atoms with van der Waals surface area (Å²) in [7, 11) is 0. The zero-order valence-corrected chi connectivity index (χ0v) is 14.4. The molecule has 0 atom stereocenters. The van der Waals surface area contributed by atoms with E-state index in [9.17, 15) is 19.7 Å². The summed E-state index contributed by atoms with van der Waals surface area (Å²) in [6, 6.07) is 8.43. The molecule has 2 aromatic rings. The number of halogens is 2. The van der Waals surface area contributed by atoms with Gasteiger partial charge in [0.05, 0.1) is 4.92 Å². The molecule has 0 heterocycles. The van der Waals surface area contributed by atoms with Gasteiger partial charge in [0, 0.05) is 21.8 Å². The van der Waals surface area contributed by atoms with E-state index in [1.54, 1.807) is 25.1 Å². The van der Waals surface area contributed by atoms with Crippen LogP contribution in [0.3, 0.4) is 0 Å². The van der Waals surface area contributed by atoms with E-state index < -0.39 is 29.1 Å². The lowest BCUT2D eigenvalue weighted by Crippen LogP contribution is -2.21. The number of nitro benzene ring substituents is 1. The van der Waals surface area contributed by atoms with Crippen molar-refractivity contribution in [3.8, 4) is 0 Å². The van der Waals surface area contributed by atoms with Crippen molar-refractivity contribution >= 4 is 46.5 Å². The Labute approximate surface area is 152 Å². The summed E-state index contributed by atoms with van der Waals surface area (Å²) in [4.78, 5) is 34.1. The summed E-state index contributed by atoms with van der Waals surface area (Å²) in [5.74, 6) is -1.63. The molecule has 9 heteroatoms. The second-order valence-corrected chi connectivity index (χ2v) is 5.88.